The van der Waals surface area contributed by atoms with Crippen LogP contribution in [0.15, 0.2) is 18.2 Å². The Kier molecular flexibility index (Phi) is 4.57. The van der Waals surface area contributed by atoms with Gasteiger partial charge in [0.1, 0.15) is 5.75 Å². The van der Waals surface area contributed by atoms with Crippen molar-refractivity contribution < 1.29 is 9.47 Å². The van der Waals surface area contributed by atoms with Crippen LogP contribution >= 0.6 is 0 Å². The summed E-state index contributed by atoms with van der Waals surface area (Å²) < 4.78 is 10.9. The number of hydrogen-bond acceptors (Lipinski definition) is 6. The first-order valence-corrected chi connectivity index (χ1v) is 6.92. The van der Waals surface area contributed by atoms with Crippen LogP contribution in [-0.2, 0) is 0 Å². The Morgan fingerprint density at radius 1 is 1.14 bits per heavy atom. The summed E-state index contributed by atoms with van der Waals surface area (Å²) in [5.74, 6) is 1.19. The average molecular weight is 288 g/mol. The van der Waals surface area contributed by atoms with Crippen LogP contribution in [0, 0.1) is 6.92 Å². The molecular formula is C15H20N4O2. The molecule has 0 aliphatic carbocycles. The van der Waals surface area contributed by atoms with Gasteiger partial charge in [-0.3, -0.25) is 0 Å². The second kappa shape index (κ2) is 6.39. The van der Waals surface area contributed by atoms with Crippen molar-refractivity contribution in [2.45, 2.75) is 33.6 Å². The molecule has 2 rings (SSSR count). The Morgan fingerprint density at radius 2 is 1.86 bits per heavy atom. The van der Waals surface area contributed by atoms with E-state index in [1.807, 2.05) is 25.1 Å². The van der Waals surface area contributed by atoms with E-state index in [0.717, 1.165) is 5.56 Å². The van der Waals surface area contributed by atoms with Gasteiger partial charge in [-0.05, 0) is 43.0 Å². The summed E-state index contributed by atoms with van der Waals surface area (Å²) in [6, 6.07) is 6.18. The van der Waals surface area contributed by atoms with Crippen LogP contribution < -0.4 is 15.2 Å². The number of nitrogens with zero attached hydrogens (tertiary/aromatic N) is 3. The largest absolute Gasteiger partial charge is 0.464 e. The Bertz CT molecular complexity index is 629. The lowest BCUT2D eigenvalue weighted by molar-refractivity contribution is 0.304. The summed E-state index contributed by atoms with van der Waals surface area (Å²) in [7, 11) is 0. The van der Waals surface area contributed by atoms with Crippen LogP contribution in [0.5, 0.6) is 17.8 Å². The van der Waals surface area contributed by atoms with Crippen LogP contribution in [0.2, 0.25) is 0 Å². The van der Waals surface area contributed by atoms with Crippen molar-refractivity contribution in [2.75, 3.05) is 12.3 Å². The zero-order valence-corrected chi connectivity index (χ0v) is 12.8. The topological polar surface area (TPSA) is 83.2 Å². The number of rotatable bonds is 5. The van der Waals surface area contributed by atoms with E-state index in [-0.39, 0.29) is 18.0 Å². The van der Waals surface area contributed by atoms with Crippen LogP contribution in [0.1, 0.15) is 37.8 Å². The zero-order chi connectivity index (χ0) is 15.4. The normalized spacial score (nSPS) is 10.7. The molecular weight excluding hydrogens is 268 g/mol. The highest BCUT2D eigenvalue weighted by Gasteiger charge is 2.09. The van der Waals surface area contributed by atoms with Crippen molar-refractivity contribution in [1.29, 1.82) is 0 Å². The zero-order valence-electron chi connectivity index (χ0n) is 12.8. The van der Waals surface area contributed by atoms with Crippen molar-refractivity contribution in [3.05, 3.63) is 29.3 Å². The highest BCUT2D eigenvalue weighted by Crippen LogP contribution is 2.26. The summed E-state index contributed by atoms with van der Waals surface area (Å²) in [4.78, 5) is 11.9. The highest BCUT2D eigenvalue weighted by molar-refractivity contribution is 5.37. The van der Waals surface area contributed by atoms with Gasteiger partial charge < -0.3 is 15.2 Å². The fourth-order valence-corrected chi connectivity index (χ4v) is 2.06. The van der Waals surface area contributed by atoms with Gasteiger partial charge in [-0.15, -0.1) is 4.98 Å². The molecule has 2 N–H and O–H groups in total. The Balaban J connectivity index is 2.23. The fourth-order valence-electron chi connectivity index (χ4n) is 2.06. The summed E-state index contributed by atoms with van der Waals surface area (Å²) in [6.07, 6.45) is 0. The summed E-state index contributed by atoms with van der Waals surface area (Å²) in [6.45, 7) is 8.66. The summed E-state index contributed by atoms with van der Waals surface area (Å²) in [5, 5.41) is 0. The summed E-state index contributed by atoms with van der Waals surface area (Å²) >= 11 is 0. The Hall–Kier alpha value is -2.37. The van der Waals surface area contributed by atoms with Crippen molar-refractivity contribution in [3.8, 4) is 17.8 Å². The van der Waals surface area contributed by atoms with Gasteiger partial charge in [0.2, 0.25) is 5.95 Å². The molecule has 0 unspecified atom stereocenters. The minimum Gasteiger partial charge on any atom is -0.464 e. The predicted octanol–water partition coefficient (Wildman–Crippen LogP) is 3.08. The molecule has 1 aromatic carbocycles. The van der Waals surface area contributed by atoms with Gasteiger partial charge in [0.05, 0.1) is 6.61 Å². The quantitative estimate of drug-likeness (QED) is 0.910. The standard InChI is InChI=1S/C15H20N4O2/c1-5-20-14-17-13(16)18-15(19-14)21-11-6-7-12(9(2)3)10(4)8-11/h6-9H,5H2,1-4H3,(H2,16,17,18,19). The van der Waals surface area contributed by atoms with Crippen LogP contribution in [0.3, 0.4) is 0 Å². The maximum atomic E-state index is 5.64. The molecule has 1 heterocycles. The van der Waals surface area contributed by atoms with E-state index in [1.54, 1.807) is 0 Å². The molecule has 0 atom stereocenters. The maximum Gasteiger partial charge on any atom is 0.330 e. The number of aromatic nitrogens is 3. The molecule has 0 saturated carbocycles. The number of hydrogen-bond donors (Lipinski definition) is 1. The van der Waals surface area contributed by atoms with Gasteiger partial charge in [-0.25, -0.2) is 0 Å². The van der Waals surface area contributed by atoms with Gasteiger partial charge in [0, 0.05) is 0 Å². The highest BCUT2D eigenvalue weighted by atomic mass is 16.5. The van der Waals surface area contributed by atoms with E-state index in [2.05, 4.69) is 35.7 Å². The Morgan fingerprint density at radius 3 is 2.48 bits per heavy atom. The first kappa shape index (κ1) is 15.0. The lowest BCUT2D eigenvalue weighted by Crippen LogP contribution is -2.05. The predicted molar refractivity (Wildman–Crippen MR) is 80.8 cm³/mol. The molecule has 0 bridgehead atoms. The van der Waals surface area contributed by atoms with E-state index in [9.17, 15) is 0 Å². The molecule has 6 nitrogen and oxygen atoms in total. The number of nitrogens with two attached hydrogens (primary N) is 1. The van der Waals surface area contributed by atoms with E-state index in [1.165, 1.54) is 5.56 Å². The monoisotopic (exact) mass is 288 g/mol. The van der Waals surface area contributed by atoms with Gasteiger partial charge >= 0.3 is 12.0 Å². The van der Waals surface area contributed by atoms with E-state index < -0.39 is 0 Å². The number of nitrogen functional groups attached to an aromatic ring is 1. The molecule has 0 spiro atoms. The van der Waals surface area contributed by atoms with Gasteiger partial charge in [0.25, 0.3) is 0 Å². The minimum atomic E-state index is 0.0685. The van der Waals surface area contributed by atoms with E-state index in [0.29, 0.717) is 18.3 Å². The van der Waals surface area contributed by atoms with Crippen molar-refractivity contribution >= 4 is 5.95 Å². The average Bonchev–Trinajstić information content (AvgIpc) is 2.37. The number of benzene rings is 1. The van der Waals surface area contributed by atoms with Crippen molar-refractivity contribution in [3.63, 3.8) is 0 Å². The number of anilines is 1. The SMILES string of the molecule is CCOc1nc(N)nc(Oc2ccc(C(C)C)c(C)c2)n1. The van der Waals surface area contributed by atoms with Gasteiger partial charge in [-0.2, -0.15) is 9.97 Å². The van der Waals surface area contributed by atoms with Crippen LogP contribution in [0.4, 0.5) is 5.95 Å². The molecule has 112 valence electrons. The third-order valence-electron chi connectivity index (χ3n) is 2.96. The Labute approximate surface area is 124 Å². The van der Waals surface area contributed by atoms with E-state index in [4.69, 9.17) is 15.2 Å². The third-order valence-corrected chi connectivity index (χ3v) is 2.96. The van der Waals surface area contributed by atoms with Crippen LogP contribution in [-0.4, -0.2) is 21.6 Å². The molecule has 0 aliphatic rings. The molecule has 1 aromatic heterocycles. The van der Waals surface area contributed by atoms with Crippen molar-refractivity contribution in [1.82, 2.24) is 15.0 Å². The molecule has 0 radical (unpaired) electrons. The van der Waals surface area contributed by atoms with E-state index >= 15 is 0 Å². The molecule has 0 fully saturated rings. The maximum absolute atomic E-state index is 5.64. The minimum absolute atomic E-state index is 0.0685. The fraction of sp³-hybridized carbons (Fsp3) is 0.400. The second-order valence-corrected chi connectivity index (χ2v) is 4.97. The van der Waals surface area contributed by atoms with Crippen LogP contribution in [0.25, 0.3) is 0 Å². The first-order valence-electron chi connectivity index (χ1n) is 6.92. The molecule has 0 saturated heterocycles. The lowest BCUT2D eigenvalue weighted by atomic mass is 9.98. The molecule has 0 amide bonds. The third kappa shape index (κ3) is 3.81. The van der Waals surface area contributed by atoms with Gasteiger partial charge in [0.15, 0.2) is 0 Å². The number of aryl methyl sites for hydroxylation is 1. The molecule has 0 aliphatic heterocycles. The smallest absolute Gasteiger partial charge is 0.330 e. The molecule has 21 heavy (non-hydrogen) atoms. The first-order chi connectivity index (χ1) is 9.99. The second-order valence-electron chi connectivity index (χ2n) is 4.97. The number of ether oxygens (including phenoxy) is 2. The van der Waals surface area contributed by atoms with Gasteiger partial charge in [-0.1, -0.05) is 19.9 Å². The summed E-state index contributed by atoms with van der Waals surface area (Å²) in [5.41, 5.74) is 8.06. The van der Waals surface area contributed by atoms with Crippen molar-refractivity contribution in [2.24, 2.45) is 0 Å². The lowest BCUT2D eigenvalue weighted by Gasteiger charge is -2.11. The molecule has 6 heteroatoms. The molecule has 2 aromatic rings.